The second kappa shape index (κ2) is 5.23. The number of nitrogens with zero attached hydrogens (tertiary/aromatic N) is 1. The molecule has 0 aromatic rings. The van der Waals surface area contributed by atoms with Gasteiger partial charge in [-0.15, -0.1) is 0 Å². The molecule has 122 valence electrons. The molecule has 2 atom stereocenters. The number of piperidine rings is 1. The Hall–Kier alpha value is -0.620. The molecule has 2 aliphatic rings. The van der Waals surface area contributed by atoms with Crippen molar-refractivity contribution in [3.8, 4) is 0 Å². The van der Waals surface area contributed by atoms with Crippen molar-refractivity contribution >= 4 is 15.7 Å². The monoisotopic (exact) mass is 317 g/mol. The van der Waals surface area contributed by atoms with E-state index in [1.165, 1.54) is 0 Å². The van der Waals surface area contributed by atoms with Crippen LogP contribution in [0.15, 0.2) is 0 Å². The zero-order valence-corrected chi connectivity index (χ0v) is 14.2. The molecule has 1 saturated heterocycles. The van der Waals surface area contributed by atoms with Crippen LogP contribution in [-0.2, 0) is 14.6 Å². The Kier molecular flexibility index (Phi) is 4.17. The SMILES string of the molecule is CC(C)(C)C1CCN(C(=O)C2(S(C)(=O)=O)CCC2)CC1O. The summed E-state index contributed by atoms with van der Waals surface area (Å²) in [5.74, 6) is -0.167. The molecule has 6 heteroatoms. The summed E-state index contributed by atoms with van der Waals surface area (Å²) in [5.41, 5.74) is -0.0143. The van der Waals surface area contributed by atoms with Crippen LogP contribution in [0.2, 0.25) is 0 Å². The lowest BCUT2D eigenvalue weighted by molar-refractivity contribution is -0.142. The van der Waals surface area contributed by atoms with Gasteiger partial charge in [0.25, 0.3) is 0 Å². The van der Waals surface area contributed by atoms with Crippen LogP contribution in [0.1, 0.15) is 46.5 Å². The zero-order chi connectivity index (χ0) is 16.1. The minimum Gasteiger partial charge on any atom is -0.391 e. The molecule has 2 fully saturated rings. The largest absolute Gasteiger partial charge is 0.391 e. The number of carbonyl (C=O) groups excluding carboxylic acids is 1. The quantitative estimate of drug-likeness (QED) is 0.831. The average Bonchev–Trinajstić information content (AvgIpc) is 2.22. The predicted molar refractivity (Wildman–Crippen MR) is 81.6 cm³/mol. The van der Waals surface area contributed by atoms with E-state index in [0.717, 1.165) is 19.1 Å². The maximum atomic E-state index is 12.7. The van der Waals surface area contributed by atoms with Crippen LogP contribution in [0.25, 0.3) is 0 Å². The van der Waals surface area contributed by atoms with Gasteiger partial charge in [0.2, 0.25) is 5.91 Å². The molecule has 1 aliphatic heterocycles. The number of likely N-dealkylation sites (tertiary alicyclic amines) is 1. The Bertz CT molecular complexity index is 516. The lowest BCUT2D eigenvalue weighted by Crippen LogP contribution is -2.61. The molecule has 0 spiro atoms. The van der Waals surface area contributed by atoms with E-state index in [2.05, 4.69) is 20.8 Å². The van der Waals surface area contributed by atoms with Crippen molar-refractivity contribution in [3.05, 3.63) is 0 Å². The predicted octanol–water partition coefficient (Wildman–Crippen LogP) is 1.21. The molecule has 0 radical (unpaired) electrons. The summed E-state index contributed by atoms with van der Waals surface area (Å²) < 4.78 is 22.8. The Labute approximate surface area is 127 Å². The molecule has 2 unspecified atom stereocenters. The smallest absolute Gasteiger partial charge is 0.244 e. The van der Waals surface area contributed by atoms with Gasteiger partial charge >= 0.3 is 0 Å². The number of aliphatic hydroxyl groups excluding tert-OH is 1. The molecule has 1 heterocycles. The van der Waals surface area contributed by atoms with E-state index < -0.39 is 20.7 Å². The number of β-amino-alcohol motifs (C(OH)–C–C–N with tert-alkyl or cyclic N) is 1. The normalized spacial score (nSPS) is 29.9. The molecular weight excluding hydrogens is 290 g/mol. The fourth-order valence-electron chi connectivity index (χ4n) is 3.66. The fraction of sp³-hybridized carbons (Fsp3) is 0.933. The molecule has 2 rings (SSSR count). The van der Waals surface area contributed by atoms with Crippen molar-refractivity contribution in [1.82, 2.24) is 4.90 Å². The Morgan fingerprint density at radius 3 is 2.19 bits per heavy atom. The van der Waals surface area contributed by atoms with Crippen molar-refractivity contribution in [1.29, 1.82) is 0 Å². The summed E-state index contributed by atoms with van der Waals surface area (Å²) in [5, 5.41) is 10.3. The highest BCUT2D eigenvalue weighted by Crippen LogP contribution is 2.42. The topological polar surface area (TPSA) is 74.7 Å². The van der Waals surface area contributed by atoms with Gasteiger partial charge < -0.3 is 10.0 Å². The molecule has 1 amide bonds. The summed E-state index contributed by atoms with van der Waals surface area (Å²) >= 11 is 0. The standard InChI is InChI=1S/C15H27NO4S/c1-14(2,3)11-6-9-16(10-12(11)17)13(18)15(7-5-8-15)21(4,19)20/h11-12,17H,5-10H2,1-4H3. The first-order valence-corrected chi connectivity index (χ1v) is 9.55. The number of sulfone groups is 1. The van der Waals surface area contributed by atoms with Gasteiger partial charge in [-0.2, -0.15) is 0 Å². The van der Waals surface area contributed by atoms with Gasteiger partial charge in [-0.05, 0) is 37.0 Å². The molecular formula is C15H27NO4S. The number of hydrogen-bond donors (Lipinski definition) is 1. The van der Waals surface area contributed by atoms with Gasteiger partial charge in [0, 0.05) is 19.3 Å². The van der Waals surface area contributed by atoms with Gasteiger partial charge in [0.05, 0.1) is 6.10 Å². The van der Waals surface area contributed by atoms with E-state index in [9.17, 15) is 18.3 Å². The fourth-order valence-corrected chi connectivity index (χ4v) is 5.13. The average molecular weight is 317 g/mol. The van der Waals surface area contributed by atoms with Crippen molar-refractivity contribution < 1.29 is 18.3 Å². The van der Waals surface area contributed by atoms with E-state index in [0.29, 0.717) is 19.4 Å². The van der Waals surface area contributed by atoms with Crippen molar-refractivity contribution in [2.24, 2.45) is 11.3 Å². The second-order valence-corrected chi connectivity index (χ2v) is 10.0. The molecule has 0 aromatic heterocycles. The number of amides is 1. The minimum absolute atomic E-state index is 0.0143. The Morgan fingerprint density at radius 1 is 1.29 bits per heavy atom. The van der Waals surface area contributed by atoms with E-state index >= 15 is 0 Å². The highest BCUT2D eigenvalue weighted by atomic mass is 32.2. The molecule has 1 N–H and O–H groups in total. The highest BCUT2D eigenvalue weighted by molar-refractivity contribution is 7.93. The van der Waals surface area contributed by atoms with Crippen LogP contribution < -0.4 is 0 Å². The molecule has 5 nitrogen and oxygen atoms in total. The van der Waals surface area contributed by atoms with Gasteiger partial charge in [-0.25, -0.2) is 8.42 Å². The second-order valence-electron chi connectivity index (χ2n) is 7.70. The van der Waals surface area contributed by atoms with Crippen molar-refractivity contribution in [2.45, 2.75) is 57.3 Å². The highest BCUT2D eigenvalue weighted by Gasteiger charge is 2.55. The number of carbonyl (C=O) groups is 1. The molecule has 1 saturated carbocycles. The first-order valence-electron chi connectivity index (χ1n) is 7.66. The summed E-state index contributed by atoms with van der Waals surface area (Å²) in [4.78, 5) is 14.2. The number of aliphatic hydroxyl groups is 1. The lowest BCUT2D eigenvalue weighted by atomic mass is 9.73. The third-order valence-corrected chi connectivity index (χ3v) is 7.24. The zero-order valence-electron chi connectivity index (χ0n) is 13.4. The first kappa shape index (κ1) is 16.7. The third kappa shape index (κ3) is 2.84. The molecule has 21 heavy (non-hydrogen) atoms. The number of rotatable bonds is 2. The molecule has 1 aliphatic carbocycles. The Balaban J connectivity index is 2.13. The lowest BCUT2D eigenvalue weighted by Gasteiger charge is -2.47. The van der Waals surface area contributed by atoms with Gasteiger partial charge in [0.1, 0.15) is 0 Å². The van der Waals surface area contributed by atoms with Crippen LogP contribution >= 0.6 is 0 Å². The van der Waals surface area contributed by atoms with Gasteiger partial charge in [-0.3, -0.25) is 4.79 Å². The van der Waals surface area contributed by atoms with Crippen LogP contribution in [0.4, 0.5) is 0 Å². The summed E-state index contributed by atoms with van der Waals surface area (Å²) in [6.45, 7) is 7.04. The van der Waals surface area contributed by atoms with Crippen LogP contribution in [-0.4, -0.2) is 54.5 Å². The van der Waals surface area contributed by atoms with Crippen molar-refractivity contribution in [3.63, 3.8) is 0 Å². The van der Waals surface area contributed by atoms with E-state index in [-0.39, 0.29) is 23.8 Å². The minimum atomic E-state index is -3.41. The van der Waals surface area contributed by atoms with E-state index in [4.69, 9.17) is 0 Å². The van der Waals surface area contributed by atoms with Crippen LogP contribution in [0.3, 0.4) is 0 Å². The number of hydrogen-bond acceptors (Lipinski definition) is 4. The maximum absolute atomic E-state index is 12.7. The maximum Gasteiger partial charge on any atom is 0.244 e. The summed E-state index contributed by atoms with van der Waals surface area (Å²) in [6.07, 6.45) is 2.90. The summed E-state index contributed by atoms with van der Waals surface area (Å²) in [6, 6.07) is 0. The first-order chi connectivity index (χ1) is 9.49. The third-order valence-electron chi connectivity index (χ3n) is 5.24. The van der Waals surface area contributed by atoms with E-state index in [1.54, 1.807) is 4.90 Å². The van der Waals surface area contributed by atoms with Gasteiger partial charge in [-0.1, -0.05) is 20.8 Å². The summed E-state index contributed by atoms with van der Waals surface area (Å²) in [7, 11) is -3.41. The molecule has 0 bridgehead atoms. The van der Waals surface area contributed by atoms with Crippen LogP contribution in [0.5, 0.6) is 0 Å². The van der Waals surface area contributed by atoms with E-state index in [1.807, 2.05) is 0 Å². The van der Waals surface area contributed by atoms with Crippen molar-refractivity contribution in [2.75, 3.05) is 19.3 Å². The van der Waals surface area contributed by atoms with Gasteiger partial charge in [0.15, 0.2) is 14.6 Å². The van der Waals surface area contributed by atoms with Crippen LogP contribution in [0, 0.1) is 11.3 Å². The molecule has 0 aromatic carbocycles. The Morgan fingerprint density at radius 2 is 1.86 bits per heavy atom.